The Morgan fingerprint density at radius 1 is 1.35 bits per heavy atom. The summed E-state index contributed by atoms with van der Waals surface area (Å²) in [6.07, 6.45) is 4.17. The van der Waals surface area contributed by atoms with Crippen molar-refractivity contribution in [3.05, 3.63) is 42.1 Å². The van der Waals surface area contributed by atoms with Gasteiger partial charge in [0.2, 0.25) is 11.9 Å². The van der Waals surface area contributed by atoms with Crippen molar-refractivity contribution in [2.45, 2.75) is 13.3 Å². The smallest absolute Gasteiger partial charge is 0.225 e. The molecule has 9 nitrogen and oxygen atoms in total. The number of aliphatic hydroxyl groups is 1. The van der Waals surface area contributed by atoms with Crippen molar-refractivity contribution in [1.82, 2.24) is 30.0 Å². The number of rotatable bonds is 5. The van der Waals surface area contributed by atoms with Gasteiger partial charge in [-0.25, -0.2) is 14.4 Å². The highest BCUT2D eigenvalue weighted by Crippen LogP contribution is 2.32. The van der Waals surface area contributed by atoms with Crippen molar-refractivity contribution in [3.8, 4) is 5.69 Å². The van der Waals surface area contributed by atoms with Crippen LogP contribution in [0.15, 0.2) is 30.6 Å². The van der Waals surface area contributed by atoms with Crippen molar-refractivity contribution in [2.24, 2.45) is 5.92 Å². The van der Waals surface area contributed by atoms with E-state index in [0.717, 1.165) is 33.3 Å². The number of benzene rings is 1. The lowest BCUT2D eigenvalue weighted by Crippen LogP contribution is -2.34. The minimum absolute atomic E-state index is 0.0571. The number of hydrogen-bond donors (Lipinski definition) is 3. The number of amides is 1. The van der Waals surface area contributed by atoms with E-state index >= 15 is 0 Å². The number of halogens is 1. The van der Waals surface area contributed by atoms with Gasteiger partial charge in [0.1, 0.15) is 5.82 Å². The normalized spacial score (nSPS) is 16.5. The number of carbonyl (C=O) groups excluding carboxylic acids is 1. The fourth-order valence-corrected chi connectivity index (χ4v) is 4.24. The van der Waals surface area contributed by atoms with Crippen molar-refractivity contribution >= 4 is 33.8 Å². The quantitative estimate of drug-likeness (QED) is 0.450. The highest BCUT2D eigenvalue weighted by Gasteiger charge is 2.30. The number of nitrogens with one attached hydrogen (secondary N) is 2. The van der Waals surface area contributed by atoms with Crippen molar-refractivity contribution in [1.29, 1.82) is 0 Å². The lowest BCUT2D eigenvalue weighted by atomic mass is 10.1. The lowest BCUT2D eigenvalue weighted by molar-refractivity contribution is -0.124. The molecule has 0 radical (unpaired) electrons. The van der Waals surface area contributed by atoms with E-state index in [2.05, 4.69) is 20.5 Å². The standard InChI is InChI=1S/C21H22FN7O2/c1-12-17(29-16-3-2-14(22)8-15(16)19-18(29)10-25-27-19)9-24-21(26-12)28-6-4-13(11-28)20(31)23-5-7-30/h2-3,8-10,13,30H,4-7,11H2,1H3,(H,23,31)(H,25,27). The van der Waals surface area contributed by atoms with Crippen molar-refractivity contribution in [2.75, 3.05) is 31.1 Å². The van der Waals surface area contributed by atoms with Gasteiger partial charge < -0.3 is 19.9 Å². The number of carbonyl (C=O) groups is 1. The number of aromatic nitrogens is 5. The second-order valence-electron chi connectivity index (χ2n) is 7.71. The van der Waals surface area contributed by atoms with Gasteiger partial charge in [-0.3, -0.25) is 9.89 Å². The van der Waals surface area contributed by atoms with Gasteiger partial charge in [-0.15, -0.1) is 0 Å². The van der Waals surface area contributed by atoms with E-state index in [-0.39, 0.29) is 30.8 Å². The number of aryl methyl sites for hydroxylation is 1. The molecule has 0 aliphatic carbocycles. The topological polar surface area (TPSA) is 112 Å². The van der Waals surface area contributed by atoms with E-state index in [4.69, 9.17) is 10.1 Å². The molecule has 3 aromatic heterocycles. The summed E-state index contributed by atoms with van der Waals surface area (Å²) in [4.78, 5) is 23.4. The number of aromatic amines is 1. The van der Waals surface area contributed by atoms with Crippen LogP contribution in [-0.4, -0.2) is 62.0 Å². The summed E-state index contributed by atoms with van der Waals surface area (Å²) in [6.45, 7) is 3.32. The predicted octanol–water partition coefficient (Wildman–Crippen LogP) is 1.68. The molecule has 1 amide bonds. The zero-order valence-corrected chi connectivity index (χ0v) is 17.0. The number of anilines is 1. The van der Waals surface area contributed by atoms with E-state index < -0.39 is 0 Å². The van der Waals surface area contributed by atoms with Crippen LogP contribution in [0.2, 0.25) is 0 Å². The second kappa shape index (κ2) is 7.62. The van der Waals surface area contributed by atoms with Crippen LogP contribution in [0.1, 0.15) is 12.1 Å². The Morgan fingerprint density at radius 3 is 3.03 bits per heavy atom. The first-order valence-electron chi connectivity index (χ1n) is 10.2. The summed E-state index contributed by atoms with van der Waals surface area (Å²) in [5, 5.41) is 19.4. The van der Waals surface area contributed by atoms with Gasteiger partial charge in [0.05, 0.1) is 52.8 Å². The summed E-state index contributed by atoms with van der Waals surface area (Å²) in [5.74, 6) is 0.0583. The number of hydrogen-bond acceptors (Lipinski definition) is 6. The van der Waals surface area contributed by atoms with Gasteiger partial charge in [0.25, 0.3) is 0 Å². The van der Waals surface area contributed by atoms with Crippen LogP contribution in [-0.2, 0) is 4.79 Å². The molecule has 0 spiro atoms. The highest BCUT2D eigenvalue weighted by molar-refractivity contribution is 6.06. The van der Waals surface area contributed by atoms with Crippen LogP contribution in [0.25, 0.3) is 27.6 Å². The van der Waals surface area contributed by atoms with E-state index in [9.17, 15) is 9.18 Å². The Morgan fingerprint density at radius 2 is 2.23 bits per heavy atom. The first-order valence-corrected chi connectivity index (χ1v) is 10.2. The van der Waals surface area contributed by atoms with Gasteiger partial charge in [-0.2, -0.15) is 5.10 Å². The maximum atomic E-state index is 13.8. The van der Waals surface area contributed by atoms with Crippen molar-refractivity contribution < 1.29 is 14.3 Å². The van der Waals surface area contributed by atoms with Crippen LogP contribution >= 0.6 is 0 Å². The Kier molecular flexibility index (Phi) is 4.78. The first-order chi connectivity index (χ1) is 15.1. The third kappa shape index (κ3) is 3.28. The average Bonchev–Trinajstić information content (AvgIpc) is 3.49. The molecule has 1 atom stereocenters. The van der Waals surface area contributed by atoms with Crippen LogP contribution in [0.3, 0.4) is 0 Å². The first kappa shape index (κ1) is 19.4. The molecule has 31 heavy (non-hydrogen) atoms. The molecule has 1 aliphatic heterocycles. The maximum absolute atomic E-state index is 13.8. The fraction of sp³-hybridized carbons (Fsp3) is 0.333. The molecule has 5 rings (SSSR count). The minimum atomic E-state index is -0.309. The summed E-state index contributed by atoms with van der Waals surface area (Å²) >= 11 is 0. The Bertz CT molecular complexity index is 1280. The zero-order chi connectivity index (χ0) is 21.5. The second-order valence-corrected chi connectivity index (χ2v) is 7.71. The van der Waals surface area contributed by atoms with Gasteiger partial charge in [0.15, 0.2) is 0 Å². The summed E-state index contributed by atoms with van der Waals surface area (Å²) in [5.41, 5.74) is 3.97. The molecule has 4 heterocycles. The van der Waals surface area contributed by atoms with E-state index in [1.54, 1.807) is 18.5 Å². The molecule has 3 N–H and O–H groups in total. The Labute approximate surface area is 176 Å². The molecule has 160 valence electrons. The van der Waals surface area contributed by atoms with Crippen LogP contribution in [0.4, 0.5) is 10.3 Å². The molecular formula is C21H22FN7O2. The lowest BCUT2D eigenvalue weighted by Gasteiger charge is -2.18. The zero-order valence-electron chi connectivity index (χ0n) is 17.0. The van der Waals surface area contributed by atoms with Gasteiger partial charge in [-0.05, 0) is 31.5 Å². The molecule has 1 aromatic carbocycles. The van der Waals surface area contributed by atoms with Crippen LogP contribution in [0.5, 0.6) is 0 Å². The number of aliphatic hydroxyl groups excluding tert-OH is 1. The molecular weight excluding hydrogens is 401 g/mol. The molecule has 1 saturated heterocycles. The molecule has 1 fully saturated rings. The molecule has 10 heteroatoms. The average molecular weight is 423 g/mol. The van der Waals surface area contributed by atoms with E-state index in [0.29, 0.717) is 25.5 Å². The predicted molar refractivity (Wildman–Crippen MR) is 114 cm³/mol. The Balaban J connectivity index is 1.47. The third-order valence-corrected chi connectivity index (χ3v) is 5.76. The number of H-pyrrole nitrogens is 1. The van der Waals surface area contributed by atoms with E-state index in [1.807, 2.05) is 16.4 Å². The van der Waals surface area contributed by atoms with Crippen molar-refractivity contribution in [3.63, 3.8) is 0 Å². The summed E-state index contributed by atoms with van der Waals surface area (Å²) < 4.78 is 15.8. The number of nitrogens with zero attached hydrogens (tertiary/aromatic N) is 5. The number of fused-ring (bicyclic) bond motifs is 3. The van der Waals surface area contributed by atoms with Crippen LogP contribution < -0.4 is 10.2 Å². The summed E-state index contributed by atoms with van der Waals surface area (Å²) in [7, 11) is 0. The van der Waals surface area contributed by atoms with Gasteiger partial charge in [-0.1, -0.05) is 0 Å². The molecule has 1 aliphatic rings. The van der Waals surface area contributed by atoms with Gasteiger partial charge in [0, 0.05) is 25.0 Å². The van der Waals surface area contributed by atoms with Crippen LogP contribution in [0, 0.1) is 18.7 Å². The fourth-order valence-electron chi connectivity index (χ4n) is 4.24. The van der Waals surface area contributed by atoms with Gasteiger partial charge >= 0.3 is 0 Å². The Hall–Kier alpha value is -3.53. The molecule has 0 bridgehead atoms. The SMILES string of the molecule is Cc1nc(N2CCC(C(=O)NCCO)C2)ncc1-n1c2ccc(F)cc2c2[nH]ncc21. The molecule has 1 unspecified atom stereocenters. The van der Waals surface area contributed by atoms with E-state index in [1.165, 1.54) is 12.1 Å². The largest absolute Gasteiger partial charge is 0.395 e. The summed E-state index contributed by atoms with van der Waals surface area (Å²) in [6, 6.07) is 4.66. The third-order valence-electron chi connectivity index (χ3n) is 5.76. The highest BCUT2D eigenvalue weighted by atomic mass is 19.1. The molecule has 4 aromatic rings. The monoisotopic (exact) mass is 423 g/mol. The minimum Gasteiger partial charge on any atom is -0.395 e. The molecule has 0 saturated carbocycles. The maximum Gasteiger partial charge on any atom is 0.225 e.